The number of rotatable bonds is 7. The Morgan fingerprint density at radius 1 is 0.816 bits per heavy atom. The highest BCUT2D eigenvalue weighted by atomic mass is 35.5. The number of carbonyl (C=O) groups is 3. The van der Waals surface area contributed by atoms with Crippen LogP contribution in [-0.4, -0.2) is 27.7 Å². The van der Waals surface area contributed by atoms with E-state index in [1.807, 2.05) is 53.4 Å². The van der Waals surface area contributed by atoms with Gasteiger partial charge in [-0.25, -0.2) is 4.57 Å². The molecule has 1 heterocycles. The largest absolute Gasteiger partial charge is 0.507 e. The van der Waals surface area contributed by atoms with E-state index >= 15 is 0 Å². The number of aromatic hydroxyl groups is 2. The van der Waals surface area contributed by atoms with Crippen LogP contribution in [0.5, 0.6) is 11.5 Å². The predicted molar refractivity (Wildman–Crippen MR) is 141 cm³/mol. The van der Waals surface area contributed by atoms with Gasteiger partial charge in [-0.1, -0.05) is 35.9 Å². The molecule has 190 valence electrons. The van der Waals surface area contributed by atoms with Crippen molar-refractivity contribution in [2.24, 2.45) is 5.73 Å². The van der Waals surface area contributed by atoms with Crippen molar-refractivity contribution in [3.8, 4) is 11.5 Å². The Morgan fingerprint density at radius 3 is 2.21 bits per heavy atom. The Balaban J connectivity index is 1.39. The molecule has 5 rings (SSSR count). The summed E-state index contributed by atoms with van der Waals surface area (Å²) < 4.78 is 2.05. The number of nitrogens with zero attached hydrogens (tertiary/aromatic N) is 1. The number of fused-ring (bicyclic) bond motifs is 2. The van der Waals surface area contributed by atoms with Crippen LogP contribution >= 0.6 is 11.6 Å². The smallest absolute Gasteiger partial charge is 0.249 e. The van der Waals surface area contributed by atoms with Crippen molar-refractivity contribution >= 4 is 29.1 Å². The van der Waals surface area contributed by atoms with Crippen molar-refractivity contribution < 1.29 is 29.2 Å². The molecule has 0 fully saturated rings. The minimum Gasteiger partial charge on any atom is -0.507 e. The Morgan fingerprint density at radius 2 is 1.53 bits per heavy atom. The lowest BCUT2D eigenvalue weighted by atomic mass is 9.78. The summed E-state index contributed by atoms with van der Waals surface area (Å²) in [5, 5.41) is 21.5. The van der Waals surface area contributed by atoms with Gasteiger partial charge in [0.05, 0.1) is 11.1 Å². The number of carbonyl (C=O) groups excluding carboxylic acids is 3. The van der Waals surface area contributed by atoms with Crippen LogP contribution in [0.2, 0.25) is 5.02 Å². The Labute approximate surface area is 223 Å². The fourth-order valence-corrected chi connectivity index (χ4v) is 5.05. The predicted octanol–water partition coefficient (Wildman–Crippen LogP) is 4.14. The van der Waals surface area contributed by atoms with Gasteiger partial charge in [-0.3, -0.25) is 14.4 Å². The van der Waals surface area contributed by atoms with Crippen LogP contribution < -0.4 is 10.3 Å². The van der Waals surface area contributed by atoms with Crippen molar-refractivity contribution in [1.29, 1.82) is 0 Å². The zero-order chi connectivity index (χ0) is 27.0. The first kappa shape index (κ1) is 25.2. The number of nitrogens with two attached hydrogens (primary N) is 1. The Bertz CT molecular complexity index is 1590. The van der Waals surface area contributed by atoms with Gasteiger partial charge in [0.15, 0.2) is 24.7 Å². The van der Waals surface area contributed by atoms with E-state index in [1.54, 1.807) is 0 Å². The van der Waals surface area contributed by atoms with E-state index in [2.05, 4.69) is 0 Å². The van der Waals surface area contributed by atoms with Gasteiger partial charge in [0.1, 0.15) is 11.5 Å². The second-order valence-corrected chi connectivity index (χ2v) is 9.69. The fraction of sp³-hybridized carbons (Fsp3) is 0.133. The number of aryl methyl sites for hydroxylation is 1. The highest BCUT2D eigenvalue weighted by Gasteiger charge is 2.37. The topological polar surface area (TPSA) is 122 Å². The van der Waals surface area contributed by atoms with E-state index in [4.69, 9.17) is 17.3 Å². The molecule has 1 aliphatic carbocycles. The maximum atomic E-state index is 13.5. The van der Waals surface area contributed by atoms with E-state index in [0.29, 0.717) is 30.0 Å². The fourth-order valence-electron chi connectivity index (χ4n) is 4.93. The van der Waals surface area contributed by atoms with Crippen LogP contribution in [0.3, 0.4) is 0 Å². The second-order valence-electron chi connectivity index (χ2n) is 9.25. The van der Waals surface area contributed by atoms with Crippen LogP contribution in [0.4, 0.5) is 0 Å². The van der Waals surface area contributed by atoms with Gasteiger partial charge in [0.2, 0.25) is 11.7 Å². The lowest BCUT2D eigenvalue weighted by Crippen LogP contribution is -2.33. The van der Waals surface area contributed by atoms with Crippen LogP contribution in [0.15, 0.2) is 73.1 Å². The van der Waals surface area contributed by atoms with Gasteiger partial charge in [-0.2, -0.15) is 0 Å². The number of hydrogen-bond donors (Lipinski definition) is 3. The molecule has 4 aromatic rings. The molecular weight excluding hydrogens is 504 g/mol. The third kappa shape index (κ3) is 4.64. The zero-order valence-corrected chi connectivity index (χ0v) is 21.0. The van der Waals surface area contributed by atoms with Crippen LogP contribution in [0.25, 0.3) is 0 Å². The summed E-state index contributed by atoms with van der Waals surface area (Å²) in [4.78, 5) is 38.9. The summed E-state index contributed by atoms with van der Waals surface area (Å²) in [6, 6.07) is 17.0. The molecule has 0 aliphatic heterocycles. The number of pyridine rings is 1. The maximum absolute atomic E-state index is 13.5. The van der Waals surface area contributed by atoms with E-state index in [-0.39, 0.29) is 40.0 Å². The molecule has 7 nitrogen and oxygen atoms in total. The highest BCUT2D eigenvalue weighted by molar-refractivity contribution is 6.31. The first-order valence-electron chi connectivity index (χ1n) is 12.1. The van der Waals surface area contributed by atoms with Gasteiger partial charge in [-0.15, -0.1) is 0 Å². The van der Waals surface area contributed by atoms with E-state index in [1.165, 1.54) is 18.2 Å². The second kappa shape index (κ2) is 10.1. The number of amides is 1. The monoisotopic (exact) mass is 527 g/mol. The highest BCUT2D eigenvalue weighted by Crippen LogP contribution is 2.39. The van der Waals surface area contributed by atoms with Crippen molar-refractivity contribution in [2.45, 2.75) is 25.8 Å². The van der Waals surface area contributed by atoms with E-state index in [0.717, 1.165) is 17.2 Å². The molecule has 8 heteroatoms. The standard InChI is InChI=1S/C30H23ClN2O5/c31-19-9-7-18(8-10-19)16-33-13-11-17(12-14-33)3-1-4-20-22(30(32)38)15-24(35)27-26(20)28(36)21-5-2-6-23(34)25(21)29(27)37/h2,5-15H,1,3-4,16H2,(H3-,32,34,35,37,38)/p+1. The third-order valence-corrected chi connectivity index (χ3v) is 7.03. The molecule has 0 bridgehead atoms. The van der Waals surface area contributed by atoms with E-state index in [9.17, 15) is 24.6 Å². The summed E-state index contributed by atoms with van der Waals surface area (Å²) in [5.74, 6) is -2.87. The number of phenolic OH excluding ortho intramolecular Hbond substituents is 2. The van der Waals surface area contributed by atoms with Gasteiger partial charge in [0.25, 0.3) is 0 Å². The number of aromatic nitrogens is 1. The lowest BCUT2D eigenvalue weighted by molar-refractivity contribution is -0.688. The zero-order valence-electron chi connectivity index (χ0n) is 20.3. The summed E-state index contributed by atoms with van der Waals surface area (Å²) in [7, 11) is 0. The summed E-state index contributed by atoms with van der Waals surface area (Å²) >= 11 is 5.96. The quantitative estimate of drug-likeness (QED) is 0.275. The number of ketones is 2. The van der Waals surface area contributed by atoms with Crippen LogP contribution in [-0.2, 0) is 19.4 Å². The molecule has 1 aromatic heterocycles. The molecule has 0 atom stereocenters. The molecule has 1 aliphatic rings. The molecular formula is C30H24ClN2O5+. The minimum atomic E-state index is -0.803. The SMILES string of the molecule is NC(=O)c1cc(O)c2c(c1CCCc1cc[n+](Cc3ccc(Cl)cc3)cc1)C(=O)c1cccc(O)c1C2=O. The lowest BCUT2D eigenvalue weighted by Gasteiger charge is -2.23. The third-order valence-electron chi connectivity index (χ3n) is 6.78. The molecule has 0 radical (unpaired) electrons. The van der Waals surface area contributed by atoms with Crippen molar-refractivity contribution in [1.82, 2.24) is 0 Å². The number of hydrogen-bond acceptors (Lipinski definition) is 5. The first-order valence-corrected chi connectivity index (χ1v) is 12.4. The number of phenols is 2. The van der Waals surface area contributed by atoms with E-state index < -0.39 is 23.2 Å². The first-order chi connectivity index (χ1) is 18.2. The van der Waals surface area contributed by atoms with Gasteiger partial charge >= 0.3 is 0 Å². The van der Waals surface area contributed by atoms with Crippen molar-refractivity contribution in [2.75, 3.05) is 0 Å². The Kier molecular flexibility index (Phi) is 6.70. The number of halogens is 1. The maximum Gasteiger partial charge on any atom is 0.249 e. The number of primary amides is 1. The average molecular weight is 528 g/mol. The van der Waals surface area contributed by atoms with Gasteiger partial charge in [0, 0.05) is 39.4 Å². The minimum absolute atomic E-state index is 0.000119. The molecule has 0 spiro atoms. The average Bonchev–Trinajstić information content (AvgIpc) is 2.89. The van der Waals surface area contributed by atoms with Gasteiger partial charge in [-0.05, 0) is 54.7 Å². The van der Waals surface area contributed by atoms with Gasteiger partial charge < -0.3 is 15.9 Å². The van der Waals surface area contributed by atoms with Crippen LogP contribution in [0.1, 0.15) is 65.3 Å². The van der Waals surface area contributed by atoms with Crippen LogP contribution in [0, 0.1) is 0 Å². The molecule has 4 N–H and O–H groups in total. The molecule has 38 heavy (non-hydrogen) atoms. The number of benzene rings is 3. The summed E-state index contributed by atoms with van der Waals surface area (Å²) in [5.41, 5.74) is 7.72. The van der Waals surface area contributed by atoms with Crippen molar-refractivity contribution in [3.63, 3.8) is 0 Å². The summed E-state index contributed by atoms with van der Waals surface area (Å²) in [6.07, 6.45) is 5.45. The normalized spacial score (nSPS) is 12.2. The molecule has 0 saturated heterocycles. The molecule has 0 saturated carbocycles. The Hall–Kier alpha value is -4.49. The van der Waals surface area contributed by atoms with Crippen molar-refractivity contribution in [3.05, 3.63) is 123 Å². The molecule has 1 amide bonds. The molecule has 0 unspecified atom stereocenters. The summed E-state index contributed by atoms with van der Waals surface area (Å²) in [6.45, 7) is 0.701. The molecule has 3 aromatic carbocycles.